The van der Waals surface area contributed by atoms with Crippen LogP contribution in [0, 0.1) is 5.82 Å². The summed E-state index contributed by atoms with van der Waals surface area (Å²) in [6.07, 6.45) is 0. The van der Waals surface area contributed by atoms with E-state index in [1.54, 1.807) is 17.4 Å². The number of thiophene rings is 1. The van der Waals surface area contributed by atoms with E-state index in [1.165, 1.54) is 17.0 Å². The molecule has 3 N–H and O–H groups in total. The van der Waals surface area contributed by atoms with Crippen molar-refractivity contribution in [1.29, 1.82) is 0 Å². The molecule has 0 saturated heterocycles. The first-order chi connectivity index (χ1) is 11.1. The number of aromatic hydroxyl groups is 1. The number of nitrogens with one attached hydrogen (secondary N) is 2. The molecule has 0 aliphatic carbocycles. The van der Waals surface area contributed by atoms with Crippen LogP contribution < -0.4 is 10.6 Å². The monoisotopic (exact) mass is 335 g/mol. The fourth-order valence-electron chi connectivity index (χ4n) is 2.08. The maximum absolute atomic E-state index is 13.3. The molecule has 23 heavy (non-hydrogen) atoms. The summed E-state index contributed by atoms with van der Waals surface area (Å²) in [4.78, 5) is 5.79. The summed E-state index contributed by atoms with van der Waals surface area (Å²) in [5, 5.41) is 17.8. The van der Waals surface area contributed by atoms with Gasteiger partial charge in [-0.25, -0.2) is 9.38 Å². The number of guanidine groups is 1. The molecule has 4 nitrogen and oxygen atoms in total. The first-order valence-electron chi connectivity index (χ1n) is 7.63. The van der Waals surface area contributed by atoms with Gasteiger partial charge < -0.3 is 15.7 Å². The number of rotatable bonds is 6. The summed E-state index contributed by atoms with van der Waals surface area (Å²) in [6, 6.07) is 8.49. The molecule has 0 fully saturated rings. The molecule has 0 aliphatic rings. The van der Waals surface area contributed by atoms with Gasteiger partial charge in [0.05, 0.1) is 6.54 Å². The molecule has 0 spiro atoms. The molecule has 0 amide bonds. The smallest absolute Gasteiger partial charge is 0.191 e. The Morgan fingerprint density at radius 1 is 1.35 bits per heavy atom. The largest absolute Gasteiger partial charge is 0.505 e. The average Bonchev–Trinajstić information content (AvgIpc) is 3.07. The van der Waals surface area contributed by atoms with Crippen LogP contribution in [0.3, 0.4) is 0 Å². The van der Waals surface area contributed by atoms with Crippen LogP contribution in [-0.4, -0.2) is 24.2 Å². The minimum Gasteiger partial charge on any atom is -0.505 e. The van der Waals surface area contributed by atoms with Crippen LogP contribution >= 0.6 is 11.3 Å². The highest BCUT2D eigenvalue weighted by molar-refractivity contribution is 7.10. The SMILES string of the molecule is CCNC(=NCc1ccc(O)c(F)c1)NCC(C)c1cccs1. The fourth-order valence-corrected chi connectivity index (χ4v) is 2.87. The topological polar surface area (TPSA) is 56.7 Å². The van der Waals surface area contributed by atoms with Gasteiger partial charge in [-0.05, 0) is 36.1 Å². The van der Waals surface area contributed by atoms with Crippen LogP contribution in [0.2, 0.25) is 0 Å². The van der Waals surface area contributed by atoms with Crippen molar-refractivity contribution in [2.45, 2.75) is 26.3 Å². The van der Waals surface area contributed by atoms with Crippen LogP contribution in [0.4, 0.5) is 4.39 Å². The lowest BCUT2D eigenvalue weighted by Gasteiger charge is -2.15. The molecule has 1 unspecified atom stereocenters. The standard InChI is InChI=1S/C17H22FN3OS/c1-3-19-17(20-10-12(2)16-5-4-8-23-16)21-11-13-6-7-15(22)14(18)9-13/h4-9,12,22H,3,10-11H2,1-2H3,(H2,19,20,21). The zero-order valence-corrected chi connectivity index (χ0v) is 14.2. The van der Waals surface area contributed by atoms with Crippen molar-refractivity contribution < 1.29 is 9.50 Å². The van der Waals surface area contributed by atoms with Gasteiger partial charge >= 0.3 is 0 Å². The van der Waals surface area contributed by atoms with Gasteiger partial charge in [0, 0.05) is 23.9 Å². The third kappa shape index (κ3) is 5.25. The molecule has 2 aromatic rings. The summed E-state index contributed by atoms with van der Waals surface area (Å²) in [7, 11) is 0. The summed E-state index contributed by atoms with van der Waals surface area (Å²) in [5.41, 5.74) is 0.712. The van der Waals surface area contributed by atoms with Crippen LogP contribution in [0.5, 0.6) is 5.75 Å². The number of halogens is 1. The van der Waals surface area contributed by atoms with E-state index in [4.69, 9.17) is 0 Å². The molecule has 1 aromatic carbocycles. The lowest BCUT2D eigenvalue weighted by molar-refractivity contribution is 0.432. The molecule has 2 rings (SSSR count). The lowest BCUT2D eigenvalue weighted by Crippen LogP contribution is -2.39. The summed E-state index contributed by atoms with van der Waals surface area (Å²) in [6.45, 7) is 6.04. The third-order valence-corrected chi connectivity index (χ3v) is 4.48. The Labute approximate surface area is 140 Å². The number of hydrogen-bond donors (Lipinski definition) is 3. The van der Waals surface area contributed by atoms with Gasteiger partial charge in [-0.1, -0.05) is 19.1 Å². The van der Waals surface area contributed by atoms with E-state index in [9.17, 15) is 9.50 Å². The van der Waals surface area contributed by atoms with Crippen molar-refractivity contribution in [1.82, 2.24) is 10.6 Å². The average molecular weight is 335 g/mol. The number of hydrogen-bond acceptors (Lipinski definition) is 3. The van der Waals surface area contributed by atoms with E-state index < -0.39 is 5.82 Å². The Bertz CT molecular complexity index is 643. The summed E-state index contributed by atoms with van der Waals surface area (Å²) in [5.74, 6) is 0.129. The van der Waals surface area contributed by atoms with Crippen molar-refractivity contribution in [2.24, 2.45) is 4.99 Å². The molecule has 0 aliphatic heterocycles. The van der Waals surface area contributed by atoms with Crippen LogP contribution in [0.25, 0.3) is 0 Å². The van der Waals surface area contributed by atoms with Crippen molar-refractivity contribution in [3.8, 4) is 5.75 Å². The zero-order valence-electron chi connectivity index (χ0n) is 13.3. The van der Waals surface area contributed by atoms with Crippen LogP contribution in [0.15, 0.2) is 40.7 Å². The van der Waals surface area contributed by atoms with Crippen molar-refractivity contribution >= 4 is 17.3 Å². The van der Waals surface area contributed by atoms with Gasteiger partial charge in [-0.2, -0.15) is 0 Å². The number of nitrogens with zero attached hydrogens (tertiary/aromatic N) is 1. The second-order valence-electron chi connectivity index (χ2n) is 5.28. The zero-order chi connectivity index (χ0) is 16.7. The maximum Gasteiger partial charge on any atom is 0.191 e. The van der Waals surface area contributed by atoms with Crippen molar-refractivity contribution in [2.75, 3.05) is 13.1 Å². The molecule has 0 saturated carbocycles. The predicted octanol–water partition coefficient (Wildman–Crippen LogP) is 3.45. The maximum atomic E-state index is 13.3. The Morgan fingerprint density at radius 2 is 2.17 bits per heavy atom. The molecule has 6 heteroatoms. The summed E-state index contributed by atoms with van der Waals surface area (Å²) < 4.78 is 13.3. The Hall–Kier alpha value is -2.08. The van der Waals surface area contributed by atoms with Gasteiger partial charge in [-0.3, -0.25) is 0 Å². The fraction of sp³-hybridized carbons (Fsp3) is 0.353. The first-order valence-corrected chi connectivity index (χ1v) is 8.51. The van der Waals surface area contributed by atoms with Gasteiger partial charge in [0.25, 0.3) is 0 Å². The molecule has 1 heterocycles. The highest BCUT2D eigenvalue weighted by Crippen LogP contribution is 2.19. The number of aliphatic imine (C=N–C) groups is 1. The third-order valence-electron chi connectivity index (χ3n) is 3.38. The van der Waals surface area contributed by atoms with E-state index in [1.807, 2.05) is 6.92 Å². The lowest BCUT2D eigenvalue weighted by atomic mass is 10.1. The number of phenols is 1. The number of benzene rings is 1. The van der Waals surface area contributed by atoms with Crippen LogP contribution in [0.1, 0.15) is 30.2 Å². The molecule has 0 bridgehead atoms. The second kappa shape index (κ2) is 8.53. The van der Waals surface area contributed by atoms with Gasteiger partial charge in [0.1, 0.15) is 0 Å². The van der Waals surface area contributed by atoms with Crippen molar-refractivity contribution in [3.63, 3.8) is 0 Å². The second-order valence-corrected chi connectivity index (χ2v) is 6.26. The van der Waals surface area contributed by atoms with Crippen molar-refractivity contribution in [3.05, 3.63) is 52.0 Å². The molecule has 124 valence electrons. The highest BCUT2D eigenvalue weighted by Gasteiger charge is 2.07. The molecule has 1 atom stereocenters. The summed E-state index contributed by atoms with van der Waals surface area (Å²) >= 11 is 1.74. The molecule has 0 radical (unpaired) electrons. The molecule has 1 aromatic heterocycles. The number of phenolic OH excluding ortho intramolecular Hbond substituents is 1. The highest BCUT2D eigenvalue weighted by atomic mass is 32.1. The minimum absolute atomic E-state index is 0.340. The van der Waals surface area contributed by atoms with E-state index in [0.717, 1.165) is 13.1 Å². The quantitative estimate of drug-likeness (QED) is 0.560. The Kier molecular flexibility index (Phi) is 6.40. The predicted molar refractivity (Wildman–Crippen MR) is 93.6 cm³/mol. The van der Waals surface area contributed by atoms with E-state index in [0.29, 0.717) is 24.0 Å². The Balaban J connectivity index is 1.95. The molecular formula is C17H22FN3OS. The van der Waals surface area contributed by atoms with Crippen LogP contribution in [-0.2, 0) is 6.54 Å². The van der Waals surface area contributed by atoms with E-state index in [2.05, 4.69) is 40.1 Å². The Morgan fingerprint density at radius 3 is 2.83 bits per heavy atom. The normalized spacial score (nSPS) is 12.9. The van der Waals surface area contributed by atoms with Gasteiger partial charge in [0.15, 0.2) is 17.5 Å². The minimum atomic E-state index is -0.623. The van der Waals surface area contributed by atoms with E-state index in [-0.39, 0.29) is 5.75 Å². The van der Waals surface area contributed by atoms with Gasteiger partial charge in [-0.15, -0.1) is 11.3 Å². The van der Waals surface area contributed by atoms with Gasteiger partial charge in [0.2, 0.25) is 0 Å². The van der Waals surface area contributed by atoms with E-state index >= 15 is 0 Å². The molecular weight excluding hydrogens is 313 g/mol. The first kappa shape index (κ1) is 17.3.